The van der Waals surface area contributed by atoms with Gasteiger partial charge in [-0.25, -0.2) is 0 Å². The van der Waals surface area contributed by atoms with Crippen molar-refractivity contribution in [1.29, 1.82) is 0 Å². The van der Waals surface area contributed by atoms with Gasteiger partial charge in [-0.3, -0.25) is 14.5 Å². The monoisotopic (exact) mass is 308 g/mol. The molecule has 5 heteroatoms. The second kappa shape index (κ2) is 6.99. The van der Waals surface area contributed by atoms with Crippen LogP contribution in [0.2, 0.25) is 0 Å². The first-order valence-electron chi connectivity index (χ1n) is 8.83. The Labute approximate surface area is 133 Å². The number of carbonyl (C=O) groups excluding carboxylic acids is 2. The van der Waals surface area contributed by atoms with Crippen LogP contribution in [0.25, 0.3) is 0 Å². The molecule has 1 amide bonds. The van der Waals surface area contributed by atoms with Crippen LogP contribution in [-0.2, 0) is 14.3 Å². The van der Waals surface area contributed by atoms with E-state index in [1.165, 1.54) is 12.8 Å². The summed E-state index contributed by atoms with van der Waals surface area (Å²) >= 11 is 0. The normalized spacial score (nSPS) is 25.2. The van der Waals surface area contributed by atoms with E-state index in [-0.39, 0.29) is 24.5 Å². The van der Waals surface area contributed by atoms with Crippen molar-refractivity contribution in [2.75, 3.05) is 32.8 Å². The van der Waals surface area contributed by atoms with E-state index in [4.69, 9.17) is 4.74 Å². The summed E-state index contributed by atoms with van der Waals surface area (Å²) in [5.74, 6) is 0.942. The summed E-state index contributed by atoms with van der Waals surface area (Å²) in [6, 6.07) is -0.100. The molecular weight excluding hydrogens is 280 g/mol. The Morgan fingerprint density at radius 1 is 1.05 bits per heavy atom. The Kier molecular flexibility index (Phi) is 5.01. The molecule has 0 aromatic rings. The molecule has 1 aliphatic carbocycles. The summed E-state index contributed by atoms with van der Waals surface area (Å²) in [5, 5.41) is 0. The molecule has 22 heavy (non-hydrogen) atoms. The van der Waals surface area contributed by atoms with Crippen molar-refractivity contribution in [3.05, 3.63) is 0 Å². The van der Waals surface area contributed by atoms with Gasteiger partial charge in [0.05, 0.1) is 0 Å². The highest BCUT2D eigenvalue weighted by molar-refractivity contribution is 5.83. The van der Waals surface area contributed by atoms with Crippen LogP contribution in [0.3, 0.4) is 0 Å². The standard InChI is InChI=1S/C17H28N2O3/c1-13-6-10-18(11-7-13)15(20)12-22-17(21)16(14-4-5-14)19-8-2-3-9-19/h13-14,16H,2-12H2,1H3. The molecule has 1 atom stereocenters. The molecule has 3 fully saturated rings. The lowest BCUT2D eigenvalue weighted by Gasteiger charge is -2.30. The highest BCUT2D eigenvalue weighted by atomic mass is 16.5. The Morgan fingerprint density at radius 3 is 2.27 bits per heavy atom. The minimum absolute atomic E-state index is 0.0313. The minimum atomic E-state index is -0.178. The molecule has 1 saturated carbocycles. The molecule has 1 unspecified atom stereocenters. The number of rotatable bonds is 5. The third kappa shape index (κ3) is 3.80. The zero-order valence-corrected chi connectivity index (χ0v) is 13.6. The Balaban J connectivity index is 1.47. The van der Waals surface area contributed by atoms with Gasteiger partial charge < -0.3 is 9.64 Å². The van der Waals surface area contributed by atoms with Gasteiger partial charge in [-0.05, 0) is 63.5 Å². The number of piperidine rings is 1. The summed E-state index contributed by atoms with van der Waals surface area (Å²) in [7, 11) is 0. The van der Waals surface area contributed by atoms with Gasteiger partial charge in [0.15, 0.2) is 6.61 Å². The van der Waals surface area contributed by atoms with Crippen LogP contribution in [0.4, 0.5) is 0 Å². The first-order valence-corrected chi connectivity index (χ1v) is 8.83. The Hall–Kier alpha value is -1.10. The van der Waals surface area contributed by atoms with Crippen molar-refractivity contribution < 1.29 is 14.3 Å². The van der Waals surface area contributed by atoms with Crippen molar-refractivity contribution in [3.63, 3.8) is 0 Å². The number of hydrogen-bond donors (Lipinski definition) is 0. The maximum Gasteiger partial charge on any atom is 0.324 e. The van der Waals surface area contributed by atoms with Gasteiger partial charge in [0.2, 0.25) is 0 Å². The summed E-state index contributed by atoms with van der Waals surface area (Å²) in [6.45, 7) is 5.73. The summed E-state index contributed by atoms with van der Waals surface area (Å²) in [4.78, 5) is 28.7. The fourth-order valence-electron chi connectivity index (χ4n) is 3.64. The van der Waals surface area contributed by atoms with Gasteiger partial charge in [-0.15, -0.1) is 0 Å². The van der Waals surface area contributed by atoms with Gasteiger partial charge in [0, 0.05) is 13.1 Å². The fraction of sp³-hybridized carbons (Fsp3) is 0.882. The molecule has 2 saturated heterocycles. The molecule has 0 N–H and O–H groups in total. The van der Waals surface area contributed by atoms with Gasteiger partial charge in [0.25, 0.3) is 5.91 Å². The molecule has 124 valence electrons. The van der Waals surface area contributed by atoms with Crippen LogP contribution in [0.1, 0.15) is 45.4 Å². The van der Waals surface area contributed by atoms with Gasteiger partial charge in [-0.2, -0.15) is 0 Å². The SMILES string of the molecule is CC1CCN(C(=O)COC(=O)C(C2CC2)N2CCCC2)CC1. The van der Waals surface area contributed by atoms with Crippen LogP contribution in [0.5, 0.6) is 0 Å². The Bertz CT molecular complexity index is 408. The maximum atomic E-state index is 12.4. The second-order valence-corrected chi connectivity index (χ2v) is 7.20. The second-order valence-electron chi connectivity index (χ2n) is 7.20. The van der Waals surface area contributed by atoms with E-state index in [0.717, 1.165) is 51.9 Å². The predicted molar refractivity (Wildman–Crippen MR) is 83.3 cm³/mol. The zero-order chi connectivity index (χ0) is 15.5. The topological polar surface area (TPSA) is 49.9 Å². The molecule has 3 rings (SSSR count). The predicted octanol–water partition coefficient (Wildman–Crippen LogP) is 1.66. The molecule has 0 aromatic carbocycles. The van der Waals surface area contributed by atoms with Gasteiger partial charge >= 0.3 is 5.97 Å². The van der Waals surface area contributed by atoms with E-state index in [0.29, 0.717) is 11.8 Å². The smallest absolute Gasteiger partial charge is 0.324 e. The van der Waals surface area contributed by atoms with Gasteiger partial charge in [-0.1, -0.05) is 6.92 Å². The quantitative estimate of drug-likeness (QED) is 0.725. The van der Waals surface area contributed by atoms with Crippen molar-refractivity contribution in [2.45, 2.75) is 51.5 Å². The van der Waals surface area contributed by atoms with E-state index >= 15 is 0 Å². The van der Waals surface area contributed by atoms with Crippen molar-refractivity contribution in [1.82, 2.24) is 9.80 Å². The van der Waals surface area contributed by atoms with Crippen LogP contribution >= 0.6 is 0 Å². The highest BCUT2D eigenvalue weighted by Gasteiger charge is 2.42. The molecule has 0 spiro atoms. The largest absolute Gasteiger partial charge is 0.454 e. The lowest BCUT2D eigenvalue weighted by Crippen LogP contribution is -2.44. The van der Waals surface area contributed by atoms with Crippen LogP contribution in [0.15, 0.2) is 0 Å². The number of carbonyl (C=O) groups is 2. The van der Waals surface area contributed by atoms with Crippen LogP contribution < -0.4 is 0 Å². The van der Waals surface area contributed by atoms with E-state index < -0.39 is 0 Å². The van der Waals surface area contributed by atoms with Crippen LogP contribution in [0, 0.1) is 11.8 Å². The number of nitrogens with zero attached hydrogens (tertiary/aromatic N) is 2. The first-order chi connectivity index (χ1) is 10.6. The summed E-state index contributed by atoms with van der Waals surface area (Å²) < 4.78 is 5.39. The number of amides is 1. The molecule has 2 aliphatic heterocycles. The van der Waals surface area contributed by atoms with Crippen LogP contribution in [-0.4, -0.2) is 60.5 Å². The first kappa shape index (κ1) is 15.8. The number of hydrogen-bond acceptors (Lipinski definition) is 4. The van der Waals surface area contributed by atoms with Crippen molar-refractivity contribution >= 4 is 11.9 Å². The van der Waals surface area contributed by atoms with Crippen molar-refractivity contribution in [2.24, 2.45) is 11.8 Å². The van der Waals surface area contributed by atoms with Crippen molar-refractivity contribution in [3.8, 4) is 0 Å². The number of esters is 1. The van der Waals surface area contributed by atoms with E-state index in [2.05, 4.69) is 11.8 Å². The lowest BCUT2D eigenvalue weighted by atomic mass is 9.99. The van der Waals surface area contributed by atoms with E-state index in [1.807, 2.05) is 4.90 Å². The maximum absolute atomic E-state index is 12.4. The number of likely N-dealkylation sites (tertiary alicyclic amines) is 2. The fourth-order valence-corrected chi connectivity index (χ4v) is 3.64. The third-order valence-electron chi connectivity index (χ3n) is 5.32. The molecular formula is C17H28N2O3. The third-order valence-corrected chi connectivity index (χ3v) is 5.32. The zero-order valence-electron chi connectivity index (χ0n) is 13.6. The molecule has 5 nitrogen and oxygen atoms in total. The summed E-state index contributed by atoms with van der Waals surface area (Å²) in [6.07, 6.45) is 6.68. The minimum Gasteiger partial charge on any atom is -0.454 e. The molecule has 0 bridgehead atoms. The molecule has 0 aromatic heterocycles. The van der Waals surface area contributed by atoms with E-state index in [9.17, 15) is 9.59 Å². The molecule has 2 heterocycles. The van der Waals surface area contributed by atoms with Gasteiger partial charge in [0.1, 0.15) is 6.04 Å². The lowest BCUT2D eigenvalue weighted by molar-refractivity contribution is -0.157. The highest BCUT2D eigenvalue weighted by Crippen LogP contribution is 2.37. The molecule has 0 radical (unpaired) electrons. The van der Waals surface area contributed by atoms with E-state index in [1.54, 1.807) is 0 Å². The molecule has 3 aliphatic rings. The number of ether oxygens (including phenoxy) is 1. The average Bonchev–Trinajstić information content (AvgIpc) is 3.20. The Morgan fingerprint density at radius 2 is 1.68 bits per heavy atom. The average molecular weight is 308 g/mol. The summed E-state index contributed by atoms with van der Waals surface area (Å²) in [5.41, 5.74) is 0.